The van der Waals surface area contributed by atoms with E-state index in [0.717, 1.165) is 5.56 Å². The average Bonchev–Trinajstić information content (AvgIpc) is 2.53. The van der Waals surface area contributed by atoms with Crippen LogP contribution in [0.4, 0.5) is 0 Å². The highest BCUT2D eigenvalue weighted by Crippen LogP contribution is 2.15. The molecule has 0 bridgehead atoms. The zero-order chi connectivity index (χ0) is 15.9. The van der Waals surface area contributed by atoms with Gasteiger partial charge in [-0.25, -0.2) is 0 Å². The summed E-state index contributed by atoms with van der Waals surface area (Å²) in [5, 5.41) is 0.390. The van der Waals surface area contributed by atoms with Crippen LogP contribution < -0.4 is 4.74 Å². The van der Waals surface area contributed by atoms with Crippen molar-refractivity contribution in [2.24, 2.45) is 0 Å². The number of hydrogen-bond acceptors (Lipinski definition) is 3. The zero-order valence-corrected chi connectivity index (χ0v) is 13.3. The van der Waals surface area contributed by atoms with E-state index in [-0.39, 0.29) is 5.78 Å². The molecule has 0 saturated heterocycles. The van der Waals surface area contributed by atoms with E-state index >= 15 is 0 Å². The van der Waals surface area contributed by atoms with Crippen LogP contribution in [0.5, 0.6) is 5.75 Å². The lowest BCUT2D eigenvalue weighted by Gasteiger charge is -2.14. The predicted octanol–water partition coefficient (Wildman–Crippen LogP) is 3.81. The van der Waals surface area contributed by atoms with Crippen LogP contribution in [0.25, 0.3) is 6.08 Å². The van der Waals surface area contributed by atoms with Crippen LogP contribution in [-0.4, -0.2) is 30.0 Å². The first-order chi connectivity index (χ1) is 10.6. The molecule has 0 amide bonds. The van der Waals surface area contributed by atoms with Crippen molar-refractivity contribution in [3.05, 3.63) is 71.8 Å². The van der Waals surface area contributed by atoms with Gasteiger partial charge in [0.05, 0.1) is 0 Å². The highest BCUT2D eigenvalue weighted by Gasteiger charge is 2.03. The van der Waals surface area contributed by atoms with Crippen LogP contribution in [0.2, 0.25) is 0 Å². The summed E-state index contributed by atoms with van der Waals surface area (Å²) in [5.74, 6) is 0.615. The fourth-order valence-corrected chi connectivity index (χ4v) is 1.84. The second-order valence-corrected chi connectivity index (χ2v) is 5.25. The molecule has 0 aliphatic carbocycles. The van der Waals surface area contributed by atoms with Gasteiger partial charge in [-0.3, -0.25) is 4.79 Å². The van der Waals surface area contributed by atoms with Crippen molar-refractivity contribution in [2.45, 2.75) is 0 Å². The number of ketones is 1. The standard InChI is InChI=1S/C18H17NO2S/c1-19(2)18(22)21-16-10-6-7-14(13-16)11-12-17(20)15-8-4-3-5-9-15/h3-13H,1-2H3/b12-11+. The lowest BCUT2D eigenvalue weighted by atomic mass is 10.1. The van der Waals surface area contributed by atoms with Gasteiger partial charge in [0.1, 0.15) is 5.75 Å². The summed E-state index contributed by atoms with van der Waals surface area (Å²) in [5.41, 5.74) is 1.54. The molecular weight excluding hydrogens is 294 g/mol. The fourth-order valence-electron chi connectivity index (χ4n) is 1.74. The highest BCUT2D eigenvalue weighted by molar-refractivity contribution is 7.80. The third-order valence-corrected chi connectivity index (χ3v) is 3.36. The topological polar surface area (TPSA) is 29.5 Å². The number of nitrogens with zero attached hydrogens (tertiary/aromatic N) is 1. The smallest absolute Gasteiger partial charge is 0.264 e. The van der Waals surface area contributed by atoms with Gasteiger partial charge in [-0.15, -0.1) is 0 Å². The summed E-state index contributed by atoms with van der Waals surface area (Å²) in [4.78, 5) is 13.7. The molecule has 22 heavy (non-hydrogen) atoms. The molecule has 112 valence electrons. The number of ether oxygens (including phenoxy) is 1. The van der Waals surface area contributed by atoms with Crippen LogP contribution in [0.1, 0.15) is 15.9 Å². The number of carbonyl (C=O) groups excluding carboxylic acids is 1. The first kappa shape index (κ1) is 15.9. The summed E-state index contributed by atoms with van der Waals surface area (Å²) >= 11 is 5.10. The van der Waals surface area contributed by atoms with Crippen LogP contribution in [0, 0.1) is 0 Å². The number of carbonyl (C=O) groups is 1. The maximum atomic E-state index is 12.0. The molecule has 2 rings (SSSR count). The van der Waals surface area contributed by atoms with Crippen LogP contribution in [0.3, 0.4) is 0 Å². The van der Waals surface area contributed by atoms with E-state index in [2.05, 4.69) is 0 Å². The minimum atomic E-state index is -0.0317. The number of thiocarbonyl (C=S) groups is 1. The molecule has 0 atom stereocenters. The Morgan fingerprint density at radius 1 is 1.09 bits per heavy atom. The highest BCUT2D eigenvalue weighted by atomic mass is 32.1. The summed E-state index contributed by atoms with van der Waals surface area (Å²) in [7, 11) is 3.65. The van der Waals surface area contributed by atoms with Crippen molar-refractivity contribution in [2.75, 3.05) is 14.1 Å². The second kappa shape index (κ2) is 7.52. The lowest BCUT2D eigenvalue weighted by molar-refractivity contribution is 0.104. The van der Waals surface area contributed by atoms with E-state index < -0.39 is 0 Å². The molecular formula is C18H17NO2S. The minimum absolute atomic E-state index is 0.0317. The van der Waals surface area contributed by atoms with Crippen molar-refractivity contribution in [1.29, 1.82) is 0 Å². The lowest BCUT2D eigenvalue weighted by Crippen LogP contribution is -2.24. The zero-order valence-electron chi connectivity index (χ0n) is 12.5. The maximum absolute atomic E-state index is 12.0. The Bertz CT molecular complexity index is 693. The van der Waals surface area contributed by atoms with Crippen molar-refractivity contribution in [3.8, 4) is 5.75 Å². The van der Waals surface area contributed by atoms with Crippen LogP contribution >= 0.6 is 12.2 Å². The van der Waals surface area contributed by atoms with E-state index in [1.54, 1.807) is 29.2 Å². The minimum Gasteiger partial charge on any atom is -0.432 e. The van der Waals surface area contributed by atoms with Gasteiger partial charge in [-0.1, -0.05) is 48.5 Å². The van der Waals surface area contributed by atoms with Gasteiger partial charge in [0.25, 0.3) is 5.17 Å². The molecule has 0 aromatic heterocycles. The Labute approximate surface area is 135 Å². The summed E-state index contributed by atoms with van der Waals surface area (Å²) in [6.45, 7) is 0. The molecule has 0 heterocycles. The average molecular weight is 311 g/mol. The van der Waals surface area contributed by atoms with Crippen molar-refractivity contribution in [1.82, 2.24) is 4.90 Å². The summed E-state index contributed by atoms with van der Waals surface area (Å²) in [6, 6.07) is 16.6. The van der Waals surface area contributed by atoms with E-state index in [0.29, 0.717) is 16.5 Å². The molecule has 0 aliphatic rings. The molecule has 0 saturated carbocycles. The fraction of sp³-hybridized carbons (Fsp3) is 0.111. The molecule has 2 aromatic rings. The molecule has 0 fully saturated rings. The molecule has 0 radical (unpaired) electrons. The third kappa shape index (κ3) is 4.53. The number of rotatable bonds is 4. The summed E-state index contributed by atoms with van der Waals surface area (Å²) in [6.07, 6.45) is 3.32. The summed E-state index contributed by atoms with van der Waals surface area (Å²) < 4.78 is 5.55. The Balaban J connectivity index is 2.08. The number of benzene rings is 2. The first-order valence-electron chi connectivity index (χ1n) is 6.83. The van der Waals surface area contributed by atoms with Gasteiger partial charge in [0, 0.05) is 19.7 Å². The predicted molar refractivity (Wildman–Crippen MR) is 93.2 cm³/mol. The van der Waals surface area contributed by atoms with E-state index in [1.807, 2.05) is 56.6 Å². The third-order valence-electron chi connectivity index (χ3n) is 2.91. The normalized spacial score (nSPS) is 10.5. The number of hydrogen-bond donors (Lipinski definition) is 0. The monoisotopic (exact) mass is 311 g/mol. The first-order valence-corrected chi connectivity index (χ1v) is 7.24. The largest absolute Gasteiger partial charge is 0.432 e. The quantitative estimate of drug-likeness (QED) is 0.488. The Kier molecular flexibility index (Phi) is 5.44. The molecule has 0 aliphatic heterocycles. The van der Waals surface area contributed by atoms with Gasteiger partial charge in [-0.05, 0) is 36.0 Å². The number of allylic oxidation sites excluding steroid dienone is 1. The van der Waals surface area contributed by atoms with Crippen LogP contribution in [-0.2, 0) is 0 Å². The van der Waals surface area contributed by atoms with Gasteiger partial charge < -0.3 is 9.64 Å². The van der Waals surface area contributed by atoms with Gasteiger partial charge in [0.15, 0.2) is 5.78 Å². The molecule has 0 N–H and O–H groups in total. The second-order valence-electron chi connectivity index (χ2n) is 4.90. The van der Waals surface area contributed by atoms with Gasteiger partial charge >= 0.3 is 0 Å². The molecule has 0 spiro atoms. The molecule has 2 aromatic carbocycles. The molecule has 4 heteroatoms. The Morgan fingerprint density at radius 2 is 1.82 bits per heavy atom. The SMILES string of the molecule is CN(C)C(=S)Oc1cccc(/C=C/C(=O)c2ccccc2)c1. The van der Waals surface area contributed by atoms with Gasteiger partial charge in [-0.2, -0.15) is 0 Å². The molecule has 0 unspecified atom stereocenters. The maximum Gasteiger partial charge on any atom is 0.264 e. The van der Waals surface area contributed by atoms with Gasteiger partial charge in [0.2, 0.25) is 0 Å². The van der Waals surface area contributed by atoms with Crippen molar-refractivity contribution >= 4 is 29.3 Å². The Morgan fingerprint density at radius 3 is 2.50 bits per heavy atom. The van der Waals surface area contributed by atoms with E-state index in [4.69, 9.17) is 17.0 Å². The van der Waals surface area contributed by atoms with E-state index in [9.17, 15) is 4.79 Å². The van der Waals surface area contributed by atoms with Crippen LogP contribution in [0.15, 0.2) is 60.7 Å². The molecule has 3 nitrogen and oxygen atoms in total. The van der Waals surface area contributed by atoms with Crippen molar-refractivity contribution in [3.63, 3.8) is 0 Å². The Hall–Kier alpha value is -2.46. The van der Waals surface area contributed by atoms with E-state index in [1.165, 1.54) is 0 Å². The van der Waals surface area contributed by atoms with Crippen molar-refractivity contribution < 1.29 is 9.53 Å².